The standard InChI is InChI=1S/C12H15N3O3/c1-12(5-2-6-12)14-9-4-3-8(11(13)16)7-10(9)15(17)18/h3-4,7,14H,2,5-6H2,1H3,(H2,13,16). The monoisotopic (exact) mass is 249 g/mol. The number of carbonyl (C=O) groups excluding carboxylic acids is 1. The first-order chi connectivity index (χ1) is 8.41. The molecule has 1 fully saturated rings. The summed E-state index contributed by atoms with van der Waals surface area (Å²) in [7, 11) is 0. The summed E-state index contributed by atoms with van der Waals surface area (Å²) in [6, 6.07) is 4.26. The molecule has 96 valence electrons. The van der Waals surface area contributed by atoms with Crippen LogP contribution >= 0.6 is 0 Å². The second kappa shape index (κ2) is 4.29. The fourth-order valence-electron chi connectivity index (χ4n) is 2.10. The third-order valence-corrected chi connectivity index (χ3v) is 3.37. The van der Waals surface area contributed by atoms with Crippen molar-refractivity contribution in [2.75, 3.05) is 5.32 Å². The average Bonchev–Trinajstić information content (AvgIpc) is 2.26. The van der Waals surface area contributed by atoms with Gasteiger partial charge in [0, 0.05) is 17.2 Å². The van der Waals surface area contributed by atoms with Crippen molar-refractivity contribution in [2.24, 2.45) is 5.73 Å². The zero-order valence-corrected chi connectivity index (χ0v) is 10.1. The molecule has 0 unspecified atom stereocenters. The summed E-state index contributed by atoms with van der Waals surface area (Å²) in [5, 5.41) is 14.2. The molecular formula is C12H15N3O3. The van der Waals surface area contributed by atoms with Crippen LogP contribution in [0.25, 0.3) is 0 Å². The van der Waals surface area contributed by atoms with Gasteiger partial charge in [-0.2, -0.15) is 0 Å². The van der Waals surface area contributed by atoms with E-state index in [0.717, 1.165) is 19.3 Å². The van der Waals surface area contributed by atoms with E-state index >= 15 is 0 Å². The number of nitro benzene ring substituents is 1. The molecule has 2 rings (SSSR count). The smallest absolute Gasteiger partial charge is 0.293 e. The third kappa shape index (κ3) is 2.27. The van der Waals surface area contributed by atoms with Crippen LogP contribution in [0.3, 0.4) is 0 Å². The Morgan fingerprint density at radius 2 is 2.17 bits per heavy atom. The van der Waals surface area contributed by atoms with Crippen LogP contribution in [0.4, 0.5) is 11.4 Å². The molecule has 0 aromatic heterocycles. The molecule has 1 aromatic carbocycles. The van der Waals surface area contributed by atoms with Gasteiger partial charge in [0.15, 0.2) is 0 Å². The number of nitrogens with zero attached hydrogens (tertiary/aromatic N) is 1. The van der Waals surface area contributed by atoms with Gasteiger partial charge in [0.1, 0.15) is 5.69 Å². The minimum atomic E-state index is -0.667. The quantitative estimate of drug-likeness (QED) is 0.630. The number of nitrogens with one attached hydrogen (secondary N) is 1. The highest BCUT2D eigenvalue weighted by atomic mass is 16.6. The number of primary amides is 1. The first kappa shape index (κ1) is 12.3. The van der Waals surface area contributed by atoms with Crippen molar-refractivity contribution in [3.63, 3.8) is 0 Å². The Kier molecular flexibility index (Phi) is 2.94. The van der Waals surface area contributed by atoms with Gasteiger partial charge in [0.05, 0.1) is 4.92 Å². The first-order valence-electron chi connectivity index (χ1n) is 5.78. The molecule has 1 amide bonds. The van der Waals surface area contributed by atoms with Crippen molar-refractivity contribution in [1.29, 1.82) is 0 Å². The molecule has 18 heavy (non-hydrogen) atoms. The topological polar surface area (TPSA) is 98.3 Å². The van der Waals surface area contributed by atoms with Crippen LogP contribution in [-0.4, -0.2) is 16.4 Å². The van der Waals surface area contributed by atoms with E-state index in [9.17, 15) is 14.9 Å². The highest BCUT2D eigenvalue weighted by Crippen LogP contribution is 2.37. The lowest BCUT2D eigenvalue weighted by atomic mass is 9.78. The molecule has 1 saturated carbocycles. The summed E-state index contributed by atoms with van der Waals surface area (Å²) in [6.45, 7) is 2.03. The maximum atomic E-state index is 11.0. The summed E-state index contributed by atoms with van der Waals surface area (Å²) in [5.41, 5.74) is 5.50. The fourth-order valence-corrected chi connectivity index (χ4v) is 2.10. The van der Waals surface area contributed by atoms with Gasteiger partial charge in [-0.25, -0.2) is 0 Å². The first-order valence-corrected chi connectivity index (χ1v) is 5.78. The molecule has 0 spiro atoms. The maximum Gasteiger partial charge on any atom is 0.293 e. The van der Waals surface area contributed by atoms with Crippen molar-refractivity contribution in [1.82, 2.24) is 0 Å². The summed E-state index contributed by atoms with van der Waals surface area (Å²) >= 11 is 0. The van der Waals surface area contributed by atoms with Crippen molar-refractivity contribution in [2.45, 2.75) is 31.7 Å². The van der Waals surface area contributed by atoms with Crippen LogP contribution < -0.4 is 11.1 Å². The van der Waals surface area contributed by atoms with E-state index in [4.69, 9.17) is 5.73 Å². The van der Waals surface area contributed by atoms with Crippen molar-refractivity contribution in [3.05, 3.63) is 33.9 Å². The lowest BCUT2D eigenvalue weighted by Gasteiger charge is -2.39. The number of rotatable bonds is 4. The molecule has 1 aromatic rings. The van der Waals surface area contributed by atoms with E-state index in [2.05, 4.69) is 5.32 Å². The maximum absolute atomic E-state index is 11.0. The molecule has 0 saturated heterocycles. The lowest BCUT2D eigenvalue weighted by molar-refractivity contribution is -0.384. The predicted molar refractivity (Wildman–Crippen MR) is 67.5 cm³/mol. The number of carbonyl (C=O) groups is 1. The Balaban J connectivity index is 2.34. The van der Waals surface area contributed by atoms with Crippen LogP contribution in [0.2, 0.25) is 0 Å². The van der Waals surface area contributed by atoms with Gasteiger partial charge in [-0.3, -0.25) is 14.9 Å². The Morgan fingerprint density at radius 3 is 2.61 bits per heavy atom. The molecule has 3 N–H and O–H groups in total. The molecule has 1 aliphatic carbocycles. The van der Waals surface area contributed by atoms with Crippen LogP contribution in [0.1, 0.15) is 36.5 Å². The van der Waals surface area contributed by atoms with Gasteiger partial charge >= 0.3 is 0 Å². The molecule has 0 radical (unpaired) electrons. The number of amides is 1. The number of benzene rings is 1. The van der Waals surface area contributed by atoms with E-state index in [1.165, 1.54) is 12.1 Å². The second-order valence-electron chi connectivity index (χ2n) is 4.89. The lowest BCUT2D eigenvalue weighted by Crippen LogP contribution is -2.41. The zero-order valence-electron chi connectivity index (χ0n) is 10.1. The van der Waals surface area contributed by atoms with Gasteiger partial charge in [0.25, 0.3) is 5.69 Å². The van der Waals surface area contributed by atoms with E-state index in [-0.39, 0.29) is 16.8 Å². The highest BCUT2D eigenvalue weighted by molar-refractivity contribution is 5.94. The normalized spacial score (nSPS) is 16.7. The van der Waals surface area contributed by atoms with E-state index < -0.39 is 10.8 Å². The zero-order chi connectivity index (χ0) is 13.3. The Labute approximate surface area is 104 Å². The molecule has 1 aliphatic rings. The van der Waals surface area contributed by atoms with E-state index in [1.807, 2.05) is 6.92 Å². The molecule has 6 nitrogen and oxygen atoms in total. The number of nitrogens with two attached hydrogens (primary N) is 1. The Bertz CT molecular complexity index is 509. The van der Waals surface area contributed by atoms with Crippen LogP contribution in [-0.2, 0) is 0 Å². The summed E-state index contributed by atoms with van der Waals surface area (Å²) in [5.74, 6) is -0.667. The number of nitro groups is 1. The Morgan fingerprint density at radius 1 is 1.50 bits per heavy atom. The largest absolute Gasteiger partial charge is 0.374 e. The summed E-state index contributed by atoms with van der Waals surface area (Å²) in [6.07, 6.45) is 3.10. The van der Waals surface area contributed by atoms with Crippen molar-refractivity contribution >= 4 is 17.3 Å². The van der Waals surface area contributed by atoms with E-state index in [0.29, 0.717) is 5.69 Å². The van der Waals surface area contributed by atoms with Crippen molar-refractivity contribution < 1.29 is 9.72 Å². The predicted octanol–water partition coefficient (Wildman–Crippen LogP) is 2.05. The number of hydrogen-bond acceptors (Lipinski definition) is 4. The van der Waals surface area contributed by atoms with Crippen LogP contribution in [0.5, 0.6) is 0 Å². The average molecular weight is 249 g/mol. The molecule has 0 bridgehead atoms. The van der Waals surface area contributed by atoms with Gasteiger partial charge in [-0.1, -0.05) is 0 Å². The molecule has 0 heterocycles. The molecular weight excluding hydrogens is 234 g/mol. The summed E-state index contributed by atoms with van der Waals surface area (Å²) in [4.78, 5) is 21.5. The Hall–Kier alpha value is -2.11. The minimum absolute atomic E-state index is 0.0843. The fraction of sp³-hybridized carbons (Fsp3) is 0.417. The molecule has 0 atom stereocenters. The van der Waals surface area contributed by atoms with Gasteiger partial charge < -0.3 is 11.1 Å². The number of anilines is 1. The van der Waals surface area contributed by atoms with Crippen LogP contribution in [0.15, 0.2) is 18.2 Å². The number of hydrogen-bond donors (Lipinski definition) is 2. The minimum Gasteiger partial charge on any atom is -0.374 e. The molecule has 0 aliphatic heterocycles. The molecule has 6 heteroatoms. The van der Waals surface area contributed by atoms with Gasteiger partial charge in [0.2, 0.25) is 5.91 Å². The van der Waals surface area contributed by atoms with E-state index in [1.54, 1.807) is 6.07 Å². The summed E-state index contributed by atoms with van der Waals surface area (Å²) < 4.78 is 0. The SMILES string of the molecule is CC1(Nc2ccc(C(N)=O)cc2[N+](=O)[O-])CCC1. The second-order valence-corrected chi connectivity index (χ2v) is 4.89. The van der Waals surface area contributed by atoms with Crippen molar-refractivity contribution in [3.8, 4) is 0 Å². The van der Waals surface area contributed by atoms with Gasteiger partial charge in [-0.05, 0) is 38.3 Å². The van der Waals surface area contributed by atoms with Crippen LogP contribution in [0, 0.1) is 10.1 Å². The highest BCUT2D eigenvalue weighted by Gasteiger charge is 2.33. The van der Waals surface area contributed by atoms with Gasteiger partial charge in [-0.15, -0.1) is 0 Å². The third-order valence-electron chi connectivity index (χ3n) is 3.37.